The number of sulfone groups is 1. The van der Waals surface area contributed by atoms with Crippen LogP contribution in [0.5, 0.6) is 0 Å². The van der Waals surface area contributed by atoms with E-state index in [0.29, 0.717) is 19.4 Å². The molecule has 96 valence electrons. The maximum Gasteiger partial charge on any atom is 0.161 e. The van der Waals surface area contributed by atoms with Gasteiger partial charge in [0.1, 0.15) is 15.9 Å². The van der Waals surface area contributed by atoms with Crippen LogP contribution in [0.3, 0.4) is 0 Å². The van der Waals surface area contributed by atoms with Crippen LogP contribution >= 0.6 is 0 Å². The molecular formula is C11H22O4S. The lowest BCUT2D eigenvalue weighted by atomic mass is 10.1. The minimum atomic E-state index is -2.95. The van der Waals surface area contributed by atoms with Gasteiger partial charge in [0.2, 0.25) is 0 Å². The summed E-state index contributed by atoms with van der Waals surface area (Å²) in [6.45, 7) is 5.86. The van der Waals surface area contributed by atoms with Gasteiger partial charge in [-0.3, -0.25) is 4.79 Å². The third kappa shape index (κ3) is 6.23. The molecule has 0 radical (unpaired) electrons. The van der Waals surface area contributed by atoms with E-state index in [2.05, 4.69) is 0 Å². The first-order valence-corrected chi connectivity index (χ1v) is 7.63. The highest BCUT2D eigenvalue weighted by Crippen LogP contribution is 2.06. The number of Topliss-reactive ketones (excluding diaryl/α,β-unsaturated/α-hetero) is 1. The minimum absolute atomic E-state index is 0.00986. The molecule has 1 atom stereocenters. The topological polar surface area (TPSA) is 60.4 Å². The van der Waals surface area contributed by atoms with E-state index in [4.69, 9.17) is 4.74 Å². The maximum absolute atomic E-state index is 11.6. The Morgan fingerprint density at radius 1 is 1.25 bits per heavy atom. The average Bonchev–Trinajstić information content (AvgIpc) is 2.25. The SMILES string of the molecule is CCOC(CC)C(=O)CCCS(=O)(=O)CC. The number of ether oxygens (including phenoxy) is 1. The molecule has 0 aromatic carbocycles. The van der Waals surface area contributed by atoms with Gasteiger partial charge in [0, 0.05) is 18.8 Å². The maximum atomic E-state index is 11.6. The molecule has 0 heterocycles. The second kappa shape index (κ2) is 7.79. The van der Waals surface area contributed by atoms with Gasteiger partial charge in [-0.25, -0.2) is 8.42 Å². The zero-order valence-corrected chi connectivity index (χ0v) is 11.2. The second-order valence-corrected chi connectivity index (χ2v) is 6.13. The predicted octanol–water partition coefficient (Wildman–Crippen LogP) is 1.59. The lowest BCUT2D eigenvalue weighted by Gasteiger charge is -2.13. The van der Waals surface area contributed by atoms with Gasteiger partial charge in [-0.1, -0.05) is 13.8 Å². The van der Waals surface area contributed by atoms with Crippen LogP contribution in [0.15, 0.2) is 0 Å². The fourth-order valence-electron chi connectivity index (χ4n) is 1.41. The van der Waals surface area contributed by atoms with Gasteiger partial charge >= 0.3 is 0 Å². The van der Waals surface area contributed by atoms with Crippen molar-refractivity contribution in [1.29, 1.82) is 0 Å². The summed E-state index contributed by atoms with van der Waals surface area (Å²) in [6, 6.07) is 0. The van der Waals surface area contributed by atoms with Crippen molar-refractivity contribution in [3.8, 4) is 0 Å². The van der Waals surface area contributed by atoms with Crippen LogP contribution in [0.4, 0.5) is 0 Å². The molecule has 0 saturated heterocycles. The van der Waals surface area contributed by atoms with E-state index in [0.717, 1.165) is 0 Å². The van der Waals surface area contributed by atoms with E-state index in [-0.39, 0.29) is 29.8 Å². The van der Waals surface area contributed by atoms with E-state index >= 15 is 0 Å². The van der Waals surface area contributed by atoms with Crippen LogP contribution < -0.4 is 0 Å². The molecule has 0 aromatic rings. The van der Waals surface area contributed by atoms with Crippen LogP contribution in [0.25, 0.3) is 0 Å². The van der Waals surface area contributed by atoms with E-state index in [1.54, 1.807) is 6.92 Å². The second-order valence-electron chi connectivity index (χ2n) is 3.66. The van der Waals surface area contributed by atoms with E-state index in [9.17, 15) is 13.2 Å². The molecule has 0 amide bonds. The van der Waals surface area contributed by atoms with E-state index < -0.39 is 9.84 Å². The van der Waals surface area contributed by atoms with Crippen molar-refractivity contribution in [2.24, 2.45) is 0 Å². The fourth-order valence-corrected chi connectivity index (χ4v) is 2.28. The van der Waals surface area contributed by atoms with Gasteiger partial charge in [0.15, 0.2) is 5.78 Å². The summed E-state index contributed by atoms with van der Waals surface area (Å²) >= 11 is 0. The molecule has 0 rings (SSSR count). The molecule has 4 nitrogen and oxygen atoms in total. The molecule has 0 aliphatic heterocycles. The number of hydrogen-bond donors (Lipinski definition) is 0. The third-order valence-corrected chi connectivity index (χ3v) is 4.21. The molecule has 0 N–H and O–H groups in total. The summed E-state index contributed by atoms with van der Waals surface area (Å²) in [5.41, 5.74) is 0. The molecule has 0 aromatic heterocycles. The molecule has 16 heavy (non-hydrogen) atoms. The molecular weight excluding hydrogens is 228 g/mol. The normalized spacial score (nSPS) is 13.7. The van der Waals surface area contributed by atoms with Gasteiger partial charge in [-0.15, -0.1) is 0 Å². The van der Waals surface area contributed by atoms with Crippen molar-refractivity contribution >= 4 is 15.6 Å². The molecule has 0 fully saturated rings. The van der Waals surface area contributed by atoms with Gasteiger partial charge in [0.25, 0.3) is 0 Å². The van der Waals surface area contributed by atoms with Crippen LogP contribution in [0, 0.1) is 0 Å². The van der Waals surface area contributed by atoms with Gasteiger partial charge in [0.05, 0.1) is 5.75 Å². The number of carbonyl (C=O) groups excluding carboxylic acids is 1. The highest BCUT2D eigenvalue weighted by Gasteiger charge is 2.17. The van der Waals surface area contributed by atoms with Gasteiger partial charge in [-0.05, 0) is 19.8 Å². The quantitative estimate of drug-likeness (QED) is 0.623. The number of hydrogen-bond acceptors (Lipinski definition) is 4. The van der Waals surface area contributed by atoms with Crippen molar-refractivity contribution in [1.82, 2.24) is 0 Å². The highest BCUT2D eigenvalue weighted by atomic mass is 32.2. The first-order valence-electron chi connectivity index (χ1n) is 5.81. The van der Waals surface area contributed by atoms with E-state index in [1.807, 2.05) is 13.8 Å². The molecule has 0 aliphatic carbocycles. The van der Waals surface area contributed by atoms with Crippen molar-refractivity contribution in [3.05, 3.63) is 0 Å². The first-order chi connectivity index (χ1) is 7.46. The lowest BCUT2D eigenvalue weighted by Crippen LogP contribution is -2.24. The Hall–Kier alpha value is -0.420. The summed E-state index contributed by atoms with van der Waals surface area (Å²) in [5.74, 6) is 0.248. The lowest BCUT2D eigenvalue weighted by molar-refractivity contribution is -0.130. The Balaban J connectivity index is 3.97. The van der Waals surface area contributed by atoms with Crippen molar-refractivity contribution in [3.63, 3.8) is 0 Å². The highest BCUT2D eigenvalue weighted by molar-refractivity contribution is 7.91. The number of ketones is 1. The minimum Gasteiger partial charge on any atom is -0.371 e. The Labute approximate surface area is 98.3 Å². The Morgan fingerprint density at radius 3 is 2.31 bits per heavy atom. The smallest absolute Gasteiger partial charge is 0.161 e. The fraction of sp³-hybridized carbons (Fsp3) is 0.909. The zero-order chi connectivity index (χ0) is 12.6. The predicted molar refractivity (Wildman–Crippen MR) is 64.3 cm³/mol. The van der Waals surface area contributed by atoms with Crippen molar-refractivity contribution in [2.75, 3.05) is 18.1 Å². The average molecular weight is 250 g/mol. The van der Waals surface area contributed by atoms with Gasteiger partial charge < -0.3 is 4.74 Å². The summed E-state index contributed by atoms with van der Waals surface area (Å²) in [7, 11) is -2.95. The summed E-state index contributed by atoms with van der Waals surface area (Å²) in [4.78, 5) is 11.6. The number of carbonyl (C=O) groups is 1. The van der Waals surface area contributed by atoms with Crippen LogP contribution in [-0.4, -0.2) is 38.4 Å². The van der Waals surface area contributed by atoms with Crippen molar-refractivity contribution in [2.45, 2.75) is 46.1 Å². The van der Waals surface area contributed by atoms with Gasteiger partial charge in [-0.2, -0.15) is 0 Å². The standard InChI is InChI=1S/C11H22O4S/c1-4-11(15-5-2)10(12)8-7-9-16(13,14)6-3/h11H,4-9H2,1-3H3. The Bertz CT molecular complexity index is 295. The monoisotopic (exact) mass is 250 g/mol. The van der Waals surface area contributed by atoms with E-state index in [1.165, 1.54) is 0 Å². The summed E-state index contributed by atoms with van der Waals surface area (Å²) in [5, 5.41) is 0. The van der Waals surface area contributed by atoms with Crippen molar-refractivity contribution < 1.29 is 17.9 Å². The Kier molecular flexibility index (Phi) is 7.58. The number of rotatable bonds is 9. The largest absolute Gasteiger partial charge is 0.371 e. The molecule has 1 unspecified atom stereocenters. The van der Waals surface area contributed by atoms with Crippen LogP contribution in [-0.2, 0) is 19.4 Å². The molecule has 0 aliphatic rings. The molecule has 5 heteroatoms. The summed E-state index contributed by atoms with van der Waals surface area (Å²) < 4.78 is 27.7. The van der Waals surface area contributed by atoms with Crippen LogP contribution in [0.1, 0.15) is 40.0 Å². The molecule has 0 spiro atoms. The summed E-state index contributed by atoms with van der Waals surface area (Å²) in [6.07, 6.45) is 0.970. The molecule has 0 saturated carbocycles. The molecule has 0 bridgehead atoms. The first kappa shape index (κ1) is 15.6. The van der Waals surface area contributed by atoms with Crippen LogP contribution in [0.2, 0.25) is 0 Å². The Morgan fingerprint density at radius 2 is 1.88 bits per heavy atom. The zero-order valence-electron chi connectivity index (χ0n) is 10.4. The third-order valence-electron chi connectivity index (χ3n) is 2.42.